The molecule has 2 aromatic heterocycles. The van der Waals surface area contributed by atoms with Crippen LogP contribution in [-0.2, 0) is 6.61 Å². The molecule has 6 nitrogen and oxygen atoms in total. The van der Waals surface area contributed by atoms with Crippen LogP contribution in [0.5, 0.6) is 5.75 Å². The van der Waals surface area contributed by atoms with Crippen LogP contribution in [0, 0.1) is 11.3 Å². The van der Waals surface area contributed by atoms with Gasteiger partial charge in [-0.05, 0) is 29.8 Å². The first kappa shape index (κ1) is 13.0. The Labute approximate surface area is 120 Å². The second-order valence-electron chi connectivity index (χ2n) is 4.35. The number of nitrogens with zero attached hydrogens (tertiary/aromatic N) is 2. The second-order valence-corrected chi connectivity index (χ2v) is 4.35. The number of aromatic nitrogens is 1. The first-order valence-corrected chi connectivity index (χ1v) is 6.28. The van der Waals surface area contributed by atoms with E-state index in [4.69, 9.17) is 20.3 Å². The van der Waals surface area contributed by atoms with Gasteiger partial charge in [0.15, 0.2) is 5.75 Å². The molecule has 0 atom stereocenters. The van der Waals surface area contributed by atoms with Gasteiger partial charge in [-0.1, -0.05) is 12.1 Å². The molecule has 6 heteroatoms. The molecule has 104 valence electrons. The number of rotatable bonds is 4. The Bertz CT molecular complexity index is 820. The Morgan fingerprint density at radius 3 is 3.00 bits per heavy atom. The summed E-state index contributed by atoms with van der Waals surface area (Å²) in [5.41, 5.74) is 3.98. The average molecular weight is 280 g/mol. The van der Waals surface area contributed by atoms with Gasteiger partial charge in [-0.15, -0.1) is 0 Å². The Morgan fingerprint density at radius 2 is 2.19 bits per heavy atom. The van der Waals surface area contributed by atoms with Crippen molar-refractivity contribution in [2.75, 3.05) is 5.43 Å². The van der Waals surface area contributed by atoms with Crippen LogP contribution < -0.4 is 16.0 Å². The predicted octanol–water partition coefficient (Wildman–Crippen LogP) is 2.56. The minimum Gasteiger partial charge on any atom is -0.483 e. The summed E-state index contributed by atoms with van der Waals surface area (Å²) in [5, 5.41) is 9.92. The number of fused-ring (bicyclic) bond motifs is 1. The molecule has 0 spiro atoms. The number of hydrogen-bond donors (Lipinski definition) is 2. The minimum atomic E-state index is 0.169. The molecule has 0 saturated heterocycles. The number of anilines is 1. The van der Waals surface area contributed by atoms with Crippen molar-refractivity contribution in [2.24, 2.45) is 5.84 Å². The molecular formula is C15H12N4O2. The van der Waals surface area contributed by atoms with E-state index in [1.54, 1.807) is 18.3 Å². The van der Waals surface area contributed by atoms with Crippen molar-refractivity contribution < 1.29 is 9.15 Å². The number of hydrazine groups is 1. The number of furan rings is 1. The van der Waals surface area contributed by atoms with Gasteiger partial charge in [0.05, 0.1) is 5.39 Å². The molecule has 0 aliphatic heterocycles. The van der Waals surface area contributed by atoms with Crippen molar-refractivity contribution in [2.45, 2.75) is 6.61 Å². The van der Waals surface area contributed by atoms with Crippen molar-refractivity contribution >= 4 is 16.8 Å². The smallest absolute Gasteiger partial charge is 0.246 e. The van der Waals surface area contributed by atoms with Crippen LogP contribution in [0.25, 0.3) is 11.0 Å². The van der Waals surface area contributed by atoms with E-state index in [0.29, 0.717) is 17.2 Å². The molecule has 0 saturated carbocycles. The van der Waals surface area contributed by atoms with Crippen LogP contribution in [0.2, 0.25) is 0 Å². The summed E-state index contributed by atoms with van der Waals surface area (Å²) >= 11 is 0. The van der Waals surface area contributed by atoms with Crippen LogP contribution in [-0.4, -0.2) is 4.98 Å². The summed E-state index contributed by atoms with van der Waals surface area (Å²) in [7, 11) is 0. The van der Waals surface area contributed by atoms with E-state index in [2.05, 4.69) is 10.4 Å². The fraction of sp³-hybridized carbons (Fsp3) is 0.0667. The lowest BCUT2D eigenvalue weighted by Crippen LogP contribution is -2.09. The van der Waals surface area contributed by atoms with Gasteiger partial charge < -0.3 is 14.6 Å². The van der Waals surface area contributed by atoms with Crippen molar-refractivity contribution in [3.63, 3.8) is 0 Å². The normalized spacial score (nSPS) is 10.3. The maximum absolute atomic E-state index is 9.14. The molecule has 3 rings (SSSR count). The second kappa shape index (κ2) is 5.53. The first-order chi connectivity index (χ1) is 10.3. The third kappa shape index (κ3) is 2.50. The van der Waals surface area contributed by atoms with Crippen molar-refractivity contribution in [1.82, 2.24) is 4.98 Å². The number of para-hydroxylation sites is 1. The van der Waals surface area contributed by atoms with Gasteiger partial charge in [-0.25, -0.2) is 10.8 Å². The number of pyridine rings is 1. The number of nitrogen functional groups attached to an aromatic ring is 1. The molecule has 2 heterocycles. The van der Waals surface area contributed by atoms with Crippen LogP contribution >= 0.6 is 0 Å². The molecule has 1 aromatic carbocycles. The van der Waals surface area contributed by atoms with E-state index in [9.17, 15) is 0 Å². The fourth-order valence-corrected chi connectivity index (χ4v) is 2.04. The fourth-order valence-electron chi connectivity index (χ4n) is 2.04. The van der Waals surface area contributed by atoms with Gasteiger partial charge in [0.1, 0.15) is 24.1 Å². The largest absolute Gasteiger partial charge is 0.483 e. The Morgan fingerprint density at radius 1 is 1.33 bits per heavy atom. The summed E-state index contributed by atoms with van der Waals surface area (Å²) < 4.78 is 11.2. The molecule has 21 heavy (non-hydrogen) atoms. The van der Waals surface area contributed by atoms with Gasteiger partial charge in [0, 0.05) is 6.20 Å². The van der Waals surface area contributed by atoms with Gasteiger partial charge in [-0.3, -0.25) is 0 Å². The summed E-state index contributed by atoms with van der Waals surface area (Å²) in [6.45, 7) is 0.287. The SMILES string of the molecule is N#Cc1oc2ccccc2c1OCc1ccnc(NN)c1. The lowest BCUT2D eigenvalue weighted by Gasteiger charge is -2.06. The van der Waals surface area contributed by atoms with Crippen molar-refractivity contribution in [1.29, 1.82) is 5.26 Å². The Balaban J connectivity index is 1.89. The number of nitrogens with one attached hydrogen (secondary N) is 1. The monoisotopic (exact) mass is 280 g/mol. The molecule has 0 radical (unpaired) electrons. The summed E-state index contributed by atoms with van der Waals surface area (Å²) in [6, 6.07) is 13.0. The van der Waals surface area contributed by atoms with Gasteiger partial charge in [0.25, 0.3) is 0 Å². The van der Waals surface area contributed by atoms with E-state index in [0.717, 1.165) is 10.9 Å². The lowest BCUT2D eigenvalue weighted by molar-refractivity contribution is 0.303. The van der Waals surface area contributed by atoms with Gasteiger partial charge >= 0.3 is 0 Å². The zero-order chi connectivity index (χ0) is 14.7. The molecular weight excluding hydrogens is 268 g/mol. The van der Waals surface area contributed by atoms with Crippen LogP contribution in [0.4, 0.5) is 5.82 Å². The highest BCUT2D eigenvalue weighted by Gasteiger charge is 2.15. The highest BCUT2D eigenvalue weighted by atomic mass is 16.5. The molecule has 3 N–H and O–H groups in total. The summed E-state index contributed by atoms with van der Waals surface area (Å²) in [5.74, 6) is 6.49. The average Bonchev–Trinajstić information content (AvgIpc) is 2.91. The van der Waals surface area contributed by atoms with Gasteiger partial charge in [0.2, 0.25) is 5.76 Å². The van der Waals surface area contributed by atoms with Crippen molar-refractivity contribution in [3.8, 4) is 11.8 Å². The maximum Gasteiger partial charge on any atom is 0.246 e. The standard InChI is InChI=1S/C15H12N4O2/c16-8-13-15(11-3-1-2-4-12(11)21-13)20-9-10-5-6-18-14(7-10)19-17/h1-7H,9,17H2,(H,18,19). The third-order valence-corrected chi connectivity index (χ3v) is 3.01. The van der Waals surface area contributed by atoms with Crippen LogP contribution in [0.1, 0.15) is 11.3 Å². The van der Waals surface area contributed by atoms with E-state index < -0.39 is 0 Å². The summed E-state index contributed by atoms with van der Waals surface area (Å²) in [4.78, 5) is 4.02. The highest BCUT2D eigenvalue weighted by molar-refractivity contribution is 5.86. The molecule has 3 aromatic rings. The van der Waals surface area contributed by atoms with Crippen LogP contribution in [0.15, 0.2) is 47.0 Å². The molecule has 0 aliphatic rings. The minimum absolute atomic E-state index is 0.169. The van der Waals surface area contributed by atoms with E-state index >= 15 is 0 Å². The van der Waals surface area contributed by atoms with Crippen molar-refractivity contribution in [3.05, 3.63) is 53.9 Å². The number of hydrogen-bond acceptors (Lipinski definition) is 6. The van der Waals surface area contributed by atoms with E-state index in [1.165, 1.54) is 0 Å². The highest BCUT2D eigenvalue weighted by Crippen LogP contribution is 2.33. The molecule has 0 aliphatic carbocycles. The number of ether oxygens (including phenoxy) is 1. The number of benzene rings is 1. The van der Waals surface area contributed by atoms with E-state index in [1.807, 2.05) is 30.3 Å². The quantitative estimate of drug-likeness (QED) is 0.563. The molecule has 0 unspecified atom stereocenters. The third-order valence-electron chi connectivity index (χ3n) is 3.01. The molecule has 0 bridgehead atoms. The zero-order valence-electron chi connectivity index (χ0n) is 11.0. The first-order valence-electron chi connectivity index (χ1n) is 6.28. The Hall–Kier alpha value is -3.04. The maximum atomic E-state index is 9.14. The summed E-state index contributed by atoms with van der Waals surface area (Å²) in [6.07, 6.45) is 1.63. The topological polar surface area (TPSA) is 97.1 Å². The Kier molecular flexibility index (Phi) is 3.41. The van der Waals surface area contributed by atoms with E-state index in [-0.39, 0.29) is 12.4 Å². The van der Waals surface area contributed by atoms with Gasteiger partial charge in [-0.2, -0.15) is 5.26 Å². The molecule has 0 fully saturated rings. The predicted molar refractivity (Wildman–Crippen MR) is 77.3 cm³/mol. The molecule has 0 amide bonds. The lowest BCUT2D eigenvalue weighted by atomic mass is 10.2. The number of nitriles is 1. The number of nitrogens with two attached hydrogens (primary N) is 1. The van der Waals surface area contributed by atoms with Crippen LogP contribution in [0.3, 0.4) is 0 Å². The zero-order valence-corrected chi connectivity index (χ0v) is 11.0.